The van der Waals surface area contributed by atoms with Crippen molar-refractivity contribution in [3.8, 4) is 0 Å². The Kier molecular flexibility index (Phi) is 3.92. The van der Waals surface area contributed by atoms with Gasteiger partial charge in [0.05, 0.1) is 18.5 Å². The molecule has 0 saturated carbocycles. The lowest BCUT2D eigenvalue weighted by molar-refractivity contribution is -0.918. The average molecular weight is 319 g/mol. The Balaban J connectivity index is 1.52. The summed E-state index contributed by atoms with van der Waals surface area (Å²) in [7, 11) is 0. The van der Waals surface area contributed by atoms with Crippen LogP contribution in [0.4, 0.5) is 0 Å². The maximum Gasteiger partial charge on any atom is 0.282 e. The van der Waals surface area contributed by atoms with Crippen LogP contribution in [-0.2, 0) is 6.67 Å². The smallest absolute Gasteiger partial charge is 0.282 e. The molecule has 4 rings (SSSR count). The largest absolute Gasteiger partial charge is 0.313 e. The van der Waals surface area contributed by atoms with E-state index in [0.29, 0.717) is 17.6 Å². The summed E-state index contributed by atoms with van der Waals surface area (Å²) in [5.74, 6) is 0. The van der Waals surface area contributed by atoms with Gasteiger partial charge < -0.3 is 4.90 Å². The summed E-state index contributed by atoms with van der Waals surface area (Å²) in [5, 5.41) is 8.87. The second-order valence-corrected chi connectivity index (χ2v) is 6.12. The van der Waals surface area contributed by atoms with Crippen LogP contribution in [-0.4, -0.2) is 28.1 Å². The molecule has 0 bridgehead atoms. The van der Waals surface area contributed by atoms with Crippen molar-refractivity contribution in [3.63, 3.8) is 0 Å². The molecule has 120 valence electrons. The summed E-state index contributed by atoms with van der Waals surface area (Å²) in [6, 6.07) is 17.8. The summed E-state index contributed by atoms with van der Waals surface area (Å²) in [5.41, 5.74) is 3.26. The molecule has 1 atom stereocenters. The number of nitrogens with zero attached hydrogens (tertiary/aromatic N) is 3. The minimum Gasteiger partial charge on any atom is -0.313 e. The molecule has 5 heteroatoms. The van der Waals surface area contributed by atoms with Gasteiger partial charge in [-0.15, -0.1) is 5.10 Å². The van der Waals surface area contributed by atoms with Crippen molar-refractivity contribution in [2.24, 2.45) is 0 Å². The van der Waals surface area contributed by atoms with Crippen molar-refractivity contribution in [3.05, 3.63) is 76.6 Å². The fourth-order valence-electron chi connectivity index (χ4n) is 3.18. The van der Waals surface area contributed by atoms with Crippen LogP contribution in [0.15, 0.2) is 65.5 Å². The van der Waals surface area contributed by atoms with E-state index in [4.69, 9.17) is 0 Å². The molecule has 1 aliphatic rings. The molecule has 24 heavy (non-hydrogen) atoms. The lowest BCUT2D eigenvalue weighted by Gasteiger charge is -2.23. The molecule has 0 aliphatic carbocycles. The van der Waals surface area contributed by atoms with Crippen LogP contribution in [0.1, 0.15) is 12.0 Å². The van der Waals surface area contributed by atoms with Crippen LogP contribution < -0.4 is 10.5 Å². The molecule has 1 aliphatic heterocycles. The van der Waals surface area contributed by atoms with E-state index < -0.39 is 0 Å². The van der Waals surface area contributed by atoms with E-state index in [0.717, 1.165) is 19.5 Å². The molecular formula is C19H19N4O+. The second-order valence-electron chi connectivity index (χ2n) is 6.12. The molecule has 1 N–H and O–H groups in total. The molecule has 3 aromatic rings. The van der Waals surface area contributed by atoms with Crippen molar-refractivity contribution in [1.82, 2.24) is 15.0 Å². The SMILES string of the molecule is O=c1c2ccccc2nnn1C[NH+]1CC=C(c2ccccc2)CC1. The standard InChI is InChI=1S/C19H18N4O/c24-19-17-8-4-5-9-18(17)20-21-23(19)14-22-12-10-16(11-13-22)15-6-2-1-3-7-15/h1-10H,11-14H2/p+1. The quantitative estimate of drug-likeness (QED) is 0.787. The molecule has 0 spiro atoms. The average Bonchev–Trinajstić information content (AvgIpc) is 2.66. The predicted octanol–water partition coefficient (Wildman–Crippen LogP) is 1.12. The van der Waals surface area contributed by atoms with Crippen molar-refractivity contribution in [2.75, 3.05) is 13.1 Å². The Morgan fingerprint density at radius 2 is 1.83 bits per heavy atom. The van der Waals surface area contributed by atoms with E-state index in [2.05, 4.69) is 40.7 Å². The van der Waals surface area contributed by atoms with Gasteiger partial charge in [-0.1, -0.05) is 47.7 Å². The summed E-state index contributed by atoms with van der Waals surface area (Å²) in [4.78, 5) is 13.8. The van der Waals surface area contributed by atoms with Gasteiger partial charge >= 0.3 is 0 Å². The first-order valence-corrected chi connectivity index (χ1v) is 8.22. The third kappa shape index (κ3) is 2.86. The molecule has 0 radical (unpaired) electrons. The number of rotatable bonds is 3. The Morgan fingerprint density at radius 3 is 2.62 bits per heavy atom. The lowest BCUT2D eigenvalue weighted by atomic mass is 10.00. The maximum atomic E-state index is 12.5. The fourth-order valence-corrected chi connectivity index (χ4v) is 3.18. The number of benzene rings is 2. The van der Waals surface area contributed by atoms with Crippen molar-refractivity contribution >= 4 is 16.5 Å². The number of fused-ring (bicyclic) bond motifs is 1. The fraction of sp³-hybridized carbons (Fsp3) is 0.211. The van der Waals surface area contributed by atoms with Crippen LogP contribution in [0.3, 0.4) is 0 Å². The minimum absolute atomic E-state index is 0.0639. The molecule has 5 nitrogen and oxygen atoms in total. The first kappa shape index (κ1) is 14.8. The highest BCUT2D eigenvalue weighted by atomic mass is 16.1. The number of hydrogen-bond donors (Lipinski definition) is 1. The Bertz CT molecular complexity index is 946. The first-order valence-electron chi connectivity index (χ1n) is 8.22. The highest BCUT2D eigenvalue weighted by Gasteiger charge is 2.17. The van der Waals surface area contributed by atoms with Gasteiger partial charge in [0.2, 0.25) is 0 Å². The Labute approximate surface area is 139 Å². The van der Waals surface area contributed by atoms with Crippen LogP contribution in [0.5, 0.6) is 0 Å². The number of hydrogen-bond acceptors (Lipinski definition) is 3. The van der Waals surface area contributed by atoms with Crippen LogP contribution in [0.2, 0.25) is 0 Å². The molecular weight excluding hydrogens is 300 g/mol. The summed E-state index contributed by atoms with van der Waals surface area (Å²) >= 11 is 0. The lowest BCUT2D eigenvalue weighted by Crippen LogP contribution is -3.12. The first-order chi connectivity index (χ1) is 11.8. The molecule has 0 fully saturated rings. The van der Waals surface area contributed by atoms with Gasteiger partial charge in [0.15, 0.2) is 6.67 Å². The van der Waals surface area contributed by atoms with E-state index in [1.807, 2.05) is 30.3 Å². The van der Waals surface area contributed by atoms with Crippen LogP contribution >= 0.6 is 0 Å². The van der Waals surface area contributed by atoms with Crippen molar-refractivity contribution in [1.29, 1.82) is 0 Å². The van der Waals surface area contributed by atoms with Gasteiger partial charge in [-0.3, -0.25) is 4.79 Å². The maximum absolute atomic E-state index is 12.5. The van der Waals surface area contributed by atoms with Gasteiger partial charge in [0.1, 0.15) is 5.52 Å². The highest BCUT2D eigenvalue weighted by Crippen LogP contribution is 2.17. The Hall–Kier alpha value is -2.79. The zero-order chi connectivity index (χ0) is 16.4. The number of quaternary nitrogens is 1. The van der Waals surface area contributed by atoms with Gasteiger partial charge in [0, 0.05) is 6.42 Å². The van der Waals surface area contributed by atoms with Crippen LogP contribution in [0, 0.1) is 0 Å². The highest BCUT2D eigenvalue weighted by molar-refractivity contribution is 5.76. The minimum atomic E-state index is -0.0639. The van der Waals surface area contributed by atoms with E-state index in [-0.39, 0.29) is 5.56 Å². The van der Waals surface area contributed by atoms with Gasteiger partial charge in [-0.05, 0) is 29.3 Å². The van der Waals surface area contributed by atoms with Crippen molar-refractivity contribution in [2.45, 2.75) is 13.1 Å². The topological polar surface area (TPSA) is 52.2 Å². The van der Waals surface area contributed by atoms with E-state index in [1.54, 1.807) is 0 Å². The number of aromatic nitrogens is 3. The molecule has 1 unspecified atom stereocenters. The monoisotopic (exact) mass is 319 g/mol. The van der Waals surface area contributed by atoms with E-state index >= 15 is 0 Å². The van der Waals surface area contributed by atoms with Gasteiger partial charge in [0.25, 0.3) is 5.56 Å². The van der Waals surface area contributed by atoms with E-state index in [9.17, 15) is 4.79 Å². The van der Waals surface area contributed by atoms with Crippen LogP contribution in [0.25, 0.3) is 16.5 Å². The summed E-state index contributed by atoms with van der Waals surface area (Å²) in [6.45, 7) is 2.43. The summed E-state index contributed by atoms with van der Waals surface area (Å²) < 4.78 is 1.49. The molecule has 2 heterocycles. The molecule has 0 amide bonds. The zero-order valence-electron chi connectivity index (χ0n) is 13.4. The summed E-state index contributed by atoms with van der Waals surface area (Å²) in [6.07, 6.45) is 3.28. The molecule has 0 saturated heterocycles. The van der Waals surface area contributed by atoms with E-state index in [1.165, 1.54) is 20.7 Å². The molecule has 1 aromatic heterocycles. The number of nitrogens with one attached hydrogen (secondary N) is 1. The third-order valence-electron chi connectivity index (χ3n) is 4.53. The zero-order valence-corrected chi connectivity index (χ0v) is 13.4. The molecule has 2 aromatic carbocycles. The Morgan fingerprint density at radius 1 is 1.04 bits per heavy atom. The van der Waals surface area contributed by atoms with Gasteiger partial charge in [-0.25, -0.2) is 0 Å². The van der Waals surface area contributed by atoms with Gasteiger partial charge in [-0.2, -0.15) is 4.68 Å². The normalized spacial score (nSPS) is 17.7. The second kappa shape index (κ2) is 6.37. The predicted molar refractivity (Wildman–Crippen MR) is 93.5 cm³/mol. The van der Waals surface area contributed by atoms with Crippen molar-refractivity contribution < 1.29 is 4.90 Å². The third-order valence-corrected chi connectivity index (χ3v) is 4.53.